The Kier molecular flexibility index (Phi) is 13.3. The Hall–Kier alpha value is 0.346. The van der Waals surface area contributed by atoms with Crippen molar-refractivity contribution < 1.29 is 0 Å². The molecule has 121 valence electrons. The maximum Gasteiger partial charge on any atom is 0.191 e. The number of hydrogen-bond donors (Lipinski definition) is 0. The quantitative estimate of drug-likeness (QED) is 0.541. The van der Waals surface area contributed by atoms with Crippen LogP contribution in [0.2, 0.25) is 50.9 Å². The van der Waals surface area contributed by atoms with Gasteiger partial charge in [0, 0.05) is 32.2 Å². The summed E-state index contributed by atoms with van der Waals surface area (Å²) in [5, 5.41) is 0. The van der Waals surface area contributed by atoms with Gasteiger partial charge in [0.05, 0.1) is 15.5 Å². The largest absolute Gasteiger partial charge is 0.378 e. The molecular weight excluding hydrogens is 322 g/mol. The zero-order valence-corrected chi connectivity index (χ0v) is 19.9. The fourth-order valence-corrected chi connectivity index (χ4v) is 31.0. The van der Waals surface area contributed by atoms with E-state index < -0.39 is 15.5 Å². The highest BCUT2D eigenvalue weighted by atomic mass is 31.6. The third-order valence-corrected chi connectivity index (χ3v) is 21.4. The molecule has 1 radical (unpaired) electrons. The van der Waals surface area contributed by atoms with E-state index in [4.69, 9.17) is 0 Å². The highest BCUT2D eigenvalue weighted by Crippen LogP contribution is 2.36. The summed E-state index contributed by atoms with van der Waals surface area (Å²) in [4.78, 5) is 5.94. The maximum absolute atomic E-state index is 3.90. The number of nitrogens with zero attached hydrogens (tertiary/aromatic N) is 2. The normalized spacial score (nSPS) is 10.6. The minimum absolute atomic E-state index is 0.703. The zero-order chi connectivity index (χ0) is 17.1. The number of anilines is 1. The van der Waals surface area contributed by atoms with Crippen LogP contribution in [0.1, 0.15) is 0 Å². The van der Waals surface area contributed by atoms with Crippen LogP contribution in [0.4, 0.5) is 5.69 Å². The van der Waals surface area contributed by atoms with Gasteiger partial charge >= 0.3 is 0 Å². The van der Waals surface area contributed by atoms with Crippen molar-refractivity contribution in [2.75, 3.05) is 19.0 Å². The predicted octanol–water partition coefficient (Wildman–Crippen LogP) is 5.27. The van der Waals surface area contributed by atoms with E-state index in [9.17, 15) is 0 Å². The second kappa shape index (κ2) is 11.9. The van der Waals surface area contributed by atoms with Gasteiger partial charge in [-0.2, -0.15) is 0 Å². The maximum atomic E-state index is 3.90. The molecule has 0 unspecified atom stereocenters. The van der Waals surface area contributed by atoms with Crippen molar-refractivity contribution in [2.45, 2.75) is 50.9 Å². The van der Waals surface area contributed by atoms with Crippen molar-refractivity contribution in [1.82, 2.24) is 4.98 Å². The number of rotatable bonds is 3. The van der Waals surface area contributed by atoms with E-state index in [1.165, 1.54) is 13.4 Å². The highest BCUT2D eigenvalue weighted by molar-refractivity contribution is 8.06. The molecule has 1 aromatic rings. The number of aromatic nitrogens is 1. The molecule has 0 bridgehead atoms. The van der Waals surface area contributed by atoms with Crippen molar-refractivity contribution in [3.63, 3.8) is 0 Å². The Bertz CT molecular complexity index is 337. The molecule has 0 N–H and O–H groups in total. The van der Waals surface area contributed by atoms with Gasteiger partial charge in [0.1, 0.15) is 0 Å². The first-order chi connectivity index (χ1) is 9.43. The second-order valence-electron chi connectivity index (χ2n) is 7.30. The second-order valence-corrected chi connectivity index (χ2v) is 29.7. The molecule has 0 aliphatic carbocycles. The summed E-state index contributed by atoms with van der Waals surface area (Å²) in [7, 11) is 3.94. The van der Waals surface area contributed by atoms with Gasteiger partial charge in [-0.1, -0.05) is 39.3 Å². The summed E-state index contributed by atoms with van der Waals surface area (Å²) >= 11 is 0.750. The summed E-state index contributed by atoms with van der Waals surface area (Å²) in [5.41, 5.74) is 1.19. The van der Waals surface area contributed by atoms with Gasteiger partial charge in [-0.15, -0.1) is 19.2 Å². The van der Waals surface area contributed by atoms with Crippen LogP contribution in [-0.2, 0) is 0 Å². The Morgan fingerprint density at radius 2 is 1.24 bits per heavy atom. The van der Waals surface area contributed by atoms with Gasteiger partial charge in [-0.25, -0.2) is 0 Å². The molecule has 1 heterocycles. The first kappa shape index (κ1) is 23.6. The van der Waals surface area contributed by atoms with Crippen molar-refractivity contribution in [2.24, 2.45) is 0 Å². The molecule has 1 aromatic heterocycles. The lowest BCUT2D eigenvalue weighted by Gasteiger charge is -2.25. The SMILES string of the molecule is CN(C)c1ccncc1.C[Si](C)(C)P[Si](C)(C)C.[CH3][Al][CH3]. The van der Waals surface area contributed by atoms with E-state index in [0.29, 0.717) is 0 Å². The Balaban J connectivity index is 0. The molecule has 0 aliphatic heterocycles. The zero-order valence-electron chi connectivity index (χ0n) is 15.8. The van der Waals surface area contributed by atoms with Crippen LogP contribution in [0.15, 0.2) is 24.5 Å². The van der Waals surface area contributed by atoms with E-state index in [-0.39, 0.29) is 0 Å². The molecule has 0 saturated carbocycles. The Morgan fingerprint density at radius 3 is 1.38 bits per heavy atom. The molecule has 1 rings (SSSR count). The van der Waals surface area contributed by atoms with Crippen LogP contribution >= 0.6 is 7.68 Å². The molecule has 0 atom stereocenters. The fourth-order valence-electron chi connectivity index (χ4n) is 1.77. The predicted molar refractivity (Wildman–Crippen MR) is 111 cm³/mol. The molecule has 0 fully saturated rings. The van der Waals surface area contributed by atoms with E-state index in [0.717, 1.165) is 15.2 Å². The first-order valence-corrected chi connectivity index (χ1v) is 19.8. The first-order valence-electron chi connectivity index (χ1n) is 7.53. The fraction of sp³-hybridized carbons (Fsp3) is 0.667. The van der Waals surface area contributed by atoms with Crippen molar-refractivity contribution >= 4 is 44.1 Å². The average molecular weight is 358 g/mol. The molecule has 0 spiro atoms. The van der Waals surface area contributed by atoms with E-state index in [2.05, 4.69) is 55.8 Å². The van der Waals surface area contributed by atoms with Crippen LogP contribution in [0.3, 0.4) is 0 Å². The smallest absolute Gasteiger partial charge is 0.191 e. The van der Waals surface area contributed by atoms with Crippen LogP contribution in [0, 0.1) is 0 Å². The van der Waals surface area contributed by atoms with E-state index >= 15 is 0 Å². The average Bonchev–Trinajstić information content (AvgIpc) is 2.27. The van der Waals surface area contributed by atoms with Gasteiger partial charge in [0.15, 0.2) is 15.2 Å². The summed E-state index contributed by atoms with van der Waals surface area (Å²) < 4.78 is 0. The van der Waals surface area contributed by atoms with Crippen LogP contribution in [-0.4, -0.2) is 49.8 Å². The molecule has 2 nitrogen and oxygen atoms in total. The van der Waals surface area contributed by atoms with Crippen LogP contribution in [0.25, 0.3) is 0 Å². The highest BCUT2D eigenvalue weighted by Gasteiger charge is 2.23. The minimum atomic E-state index is -0.703. The van der Waals surface area contributed by atoms with Gasteiger partial charge in [-0.3, -0.25) is 4.98 Å². The van der Waals surface area contributed by atoms with Crippen molar-refractivity contribution in [3.05, 3.63) is 24.5 Å². The molecule has 21 heavy (non-hydrogen) atoms. The number of pyridine rings is 1. The molecule has 0 aromatic carbocycles. The van der Waals surface area contributed by atoms with E-state index in [1.807, 2.05) is 31.1 Å². The lowest BCUT2D eigenvalue weighted by molar-refractivity contribution is 1.12. The molecule has 6 heteroatoms. The third-order valence-electron chi connectivity index (χ3n) is 1.93. The lowest BCUT2D eigenvalue weighted by Crippen LogP contribution is -2.24. The summed E-state index contributed by atoms with van der Waals surface area (Å²) in [6.07, 6.45) is 3.57. The van der Waals surface area contributed by atoms with Crippen LogP contribution in [0.5, 0.6) is 0 Å². The Labute approximate surface area is 143 Å². The molecule has 0 saturated heterocycles. The van der Waals surface area contributed by atoms with Gasteiger partial charge < -0.3 is 4.90 Å². The van der Waals surface area contributed by atoms with Gasteiger partial charge in [-0.05, 0) is 12.1 Å². The monoisotopic (exact) mass is 357 g/mol. The van der Waals surface area contributed by atoms with Crippen LogP contribution < -0.4 is 4.90 Å². The summed E-state index contributed by atoms with van der Waals surface area (Å²) in [6.45, 7) is 14.9. The Morgan fingerprint density at radius 1 is 0.905 bits per heavy atom. The standard InChI is InChI=1S/C7H10N2.C6H19PSi2.2CH3.Al/c1-9(2)7-3-5-8-6-4-7;1-8(2,3)7-9(4,5)6;;;/h3-6H,1-2H3;7H,1-6H3;2*1H3;. The summed E-state index contributed by atoms with van der Waals surface area (Å²) in [6, 6.07) is 3.94. The molecule has 0 aliphatic rings. The minimum Gasteiger partial charge on any atom is -0.378 e. The number of hydrogen-bond acceptors (Lipinski definition) is 2. The topological polar surface area (TPSA) is 16.1 Å². The summed E-state index contributed by atoms with van der Waals surface area (Å²) in [5.74, 6) is 4.42. The molecule has 0 amide bonds. The lowest BCUT2D eigenvalue weighted by atomic mass is 10.4. The van der Waals surface area contributed by atoms with Crippen molar-refractivity contribution in [1.29, 1.82) is 0 Å². The van der Waals surface area contributed by atoms with Gasteiger partial charge in [0.25, 0.3) is 0 Å². The third kappa shape index (κ3) is 20.3. The van der Waals surface area contributed by atoms with E-state index in [1.54, 1.807) is 12.4 Å². The van der Waals surface area contributed by atoms with Crippen molar-refractivity contribution in [3.8, 4) is 0 Å². The molecular formula is C15H35AlN2PSi2. The van der Waals surface area contributed by atoms with Gasteiger partial charge in [0.2, 0.25) is 0 Å².